The monoisotopic (exact) mass is 281 g/mol. The number of piperidine rings is 2. The third-order valence-corrected chi connectivity index (χ3v) is 5.23. The molecule has 0 saturated carbocycles. The second-order valence-electron chi connectivity index (χ2n) is 7.49. The summed E-state index contributed by atoms with van der Waals surface area (Å²) < 4.78 is 0. The summed E-state index contributed by atoms with van der Waals surface area (Å²) in [5.41, 5.74) is 0. The van der Waals surface area contributed by atoms with Gasteiger partial charge >= 0.3 is 0 Å². The van der Waals surface area contributed by atoms with E-state index in [0.29, 0.717) is 0 Å². The molecule has 3 unspecified atom stereocenters. The van der Waals surface area contributed by atoms with Crippen molar-refractivity contribution in [2.75, 3.05) is 27.2 Å². The number of nitrogens with one attached hydrogen (secondary N) is 1. The maximum atomic E-state index is 3.71. The van der Waals surface area contributed by atoms with E-state index in [2.05, 4.69) is 50.0 Å². The van der Waals surface area contributed by atoms with Gasteiger partial charge in [-0.2, -0.15) is 0 Å². The number of rotatable bonds is 6. The van der Waals surface area contributed by atoms with Crippen molar-refractivity contribution in [3.63, 3.8) is 0 Å². The number of hydrogen-bond donors (Lipinski definition) is 1. The molecule has 0 spiro atoms. The molecule has 0 aromatic rings. The summed E-state index contributed by atoms with van der Waals surface area (Å²) in [6.07, 6.45) is 6.99. The van der Waals surface area contributed by atoms with Crippen LogP contribution >= 0.6 is 0 Å². The fourth-order valence-corrected chi connectivity index (χ4v) is 4.44. The average molecular weight is 281 g/mol. The van der Waals surface area contributed by atoms with Crippen LogP contribution in [0.5, 0.6) is 0 Å². The highest BCUT2D eigenvalue weighted by Gasteiger charge is 2.42. The van der Waals surface area contributed by atoms with Crippen molar-refractivity contribution in [3.8, 4) is 0 Å². The molecule has 2 aliphatic heterocycles. The van der Waals surface area contributed by atoms with Crippen molar-refractivity contribution in [2.45, 2.75) is 77.0 Å². The fourth-order valence-electron chi connectivity index (χ4n) is 4.44. The van der Waals surface area contributed by atoms with Crippen molar-refractivity contribution in [1.82, 2.24) is 15.1 Å². The molecule has 2 fully saturated rings. The standard InChI is InChI=1S/C17H35N3/c1-6-18-14-10-15-8-7-9-16(11-14)20(15)17(13(2)3)12-19(4)5/h13-18H,6-12H2,1-5H3. The minimum atomic E-state index is 0.725. The summed E-state index contributed by atoms with van der Waals surface area (Å²) in [6, 6.07) is 3.12. The van der Waals surface area contributed by atoms with Crippen LogP contribution in [0.1, 0.15) is 52.9 Å². The molecule has 2 bridgehead atoms. The Kier molecular flexibility index (Phi) is 5.88. The molecule has 0 radical (unpaired) electrons. The highest BCUT2D eigenvalue weighted by molar-refractivity contribution is 4.98. The Morgan fingerprint density at radius 3 is 2.20 bits per heavy atom. The van der Waals surface area contributed by atoms with Crippen LogP contribution in [-0.2, 0) is 0 Å². The summed E-state index contributed by atoms with van der Waals surface area (Å²) in [5, 5.41) is 3.71. The molecular weight excluding hydrogens is 246 g/mol. The highest BCUT2D eigenvalue weighted by Crippen LogP contribution is 2.37. The van der Waals surface area contributed by atoms with E-state index in [4.69, 9.17) is 0 Å². The topological polar surface area (TPSA) is 18.5 Å². The fraction of sp³-hybridized carbons (Fsp3) is 1.00. The van der Waals surface area contributed by atoms with Gasteiger partial charge in [0.15, 0.2) is 0 Å². The number of nitrogens with zero attached hydrogens (tertiary/aromatic N) is 2. The van der Waals surface area contributed by atoms with Gasteiger partial charge < -0.3 is 10.2 Å². The average Bonchev–Trinajstić information content (AvgIpc) is 2.35. The van der Waals surface area contributed by atoms with Crippen LogP contribution in [0, 0.1) is 5.92 Å². The van der Waals surface area contributed by atoms with Crippen LogP contribution in [0.3, 0.4) is 0 Å². The quantitative estimate of drug-likeness (QED) is 0.807. The first-order valence-corrected chi connectivity index (χ1v) is 8.68. The molecule has 0 aromatic heterocycles. The van der Waals surface area contributed by atoms with E-state index in [1.165, 1.54) is 38.6 Å². The molecule has 118 valence electrons. The van der Waals surface area contributed by atoms with Crippen molar-refractivity contribution >= 4 is 0 Å². The molecule has 0 aromatic carbocycles. The van der Waals surface area contributed by atoms with Crippen LogP contribution in [0.15, 0.2) is 0 Å². The van der Waals surface area contributed by atoms with Crippen molar-refractivity contribution in [1.29, 1.82) is 0 Å². The summed E-state index contributed by atoms with van der Waals surface area (Å²) in [4.78, 5) is 5.29. The Balaban J connectivity index is 2.09. The predicted molar refractivity (Wildman–Crippen MR) is 87.1 cm³/mol. The zero-order valence-corrected chi connectivity index (χ0v) is 14.2. The van der Waals surface area contributed by atoms with Gasteiger partial charge in [0.25, 0.3) is 0 Å². The van der Waals surface area contributed by atoms with Crippen molar-refractivity contribution < 1.29 is 0 Å². The summed E-state index contributed by atoms with van der Waals surface area (Å²) >= 11 is 0. The van der Waals surface area contributed by atoms with Crippen LogP contribution in [-0.4, -0.2) is 61.2 Å². The van der Waals surface area contributed by atoms with Crippen LogP contribution in [0.25, 0.3) is 0 Å². The molecule has 0 aliphatic carbocycles. The molecule has 3 atom stereocenters. The zero-order valence-electron chi connectivity index (χ0n) is 14.2. The van der Waals surface area contributed by atoms with Crippen molar-refractivity contribution in [2.24, 2.45) is 5.92 Å². The lowest BCUT2D eigenvalue weighted by atomic mass is 9.79. The first-order valence-electron chi connectivity index (χ1n) is 8.68. The molecule has 0 amide bonds. The van der Waals surface area contributed by atoms with Gasteiger partial charge in [0.2, 0.25) is 0 Å². The van der Waals surface area contributed by atoms with Gasteiger partial charge in [-0.05, 0) is 52.2 Å². The summed E-state index contributed by atoms with van der Waals surface area (Å²) in [5.74, 6) is 0.746. The first kappa shape index (κ1) is 16.3. The SMILES string of the molecule is CCNC1CC2CCCC(C1)N2C(CN(C)C)C(C)C. The molecular formula is C17H35N3. The Morgan fingerprint density at radius 2 is 1.75 bits per heavy atom. The van der Waals surface area contributed by atoms with Gasteiger partial charge in [-0.15, -0.1) is 0 Å². The molecule has 1 N–H and O–H groups in total. The Labute approximate surface area is 126 Å². The van der Waals surface area contributed by atoms with Gasteiger partial charge in [-0.1, -0.05) is 27.2 Å². The number of fused-ring (bicyclic) bond motifs is 2. The Bertz CT molecular complexity index is 276. The van der Waals surface area contributed by atoms with E-state index in [-0.39, 0.29) is 0 Å². The molecule has 2 heterocycles. The van der Waals surface area contributed by atoms with Gasteiger partial charge in [0.1, 0.15) is 0 Å². The third-order valence-electron chi connectivity index (χ3n) is 5.23. The number of likely N-dealkylation sites (N-methyl/N-ethyl adjacent to an activating group) is 1. The number of hydrogen-bond acceptors (Lipinski definition) is 3. The Morgan fingerprint density at radius 1 is 1.15 bits per heavy atom. The van der Waals surface area contributed by atoms with E-state index in [1.54, 1.807) is 0 Å². The minimum absolute atomic E-state index is 0.725. The molecule has 2 rings (SSSR count). The lowest BCUT2D eigenvalue weighted by molar-refractivity contribution is -0.0324. The second-order valence-corrected chi connectivity index (χ2v) is 7.49. The smallest absolute Gasteiger partial charge is 0.0251 e. The third kappa shape index (κ3) is 3.75. The molecule has 2 saturated heterocycles. The molecule has 20 heavy (non-hydrogen) atoms. The van der Waals surface area contributed by atoms with E-state index < -0.39 is 0 Å². The maximum absolute atomic E-state index is 3.71. The van der Waals surface area contributed by atoms with Gasteiger partial charge in [0, 0.05) is 30.7 Å². The minimum Gasteiger partial charge on any atom is -0.314 e. The lowest BCUT2D eigenvalue weighted by Gasteiger charge is -2.54. The molecule has 3 nitrogen and oxygen atoms in total. The normalized spacial score (nSPS) is 32.9. The van der Waals surface area contributed by atoms with Crippen LogP contribution in [0.4, 0.5) is 0 Å². The second kappa shape index (κ2) is 7.24. The first-order chi connectivity index (χ1) is 9.52. The predicted octanol–water partition coefficient (Wildman–Crippen LogP) is 2.57. The molecule has 3 heteroatoms. The molecule has 2 aliphatic rings. The van der Waals surface area contributed by atoms with E-state index in [9.17, 15) is 0 Å². The van der Waals surface area contributed by atoms with Crippen LogP contribution in [0.2, 0.25) is 0 Å². The summed E-state index contributed by atoms with van der Waals surface area (Å²) in [6.45, 7) is 9.37. The van der Waals surface area contributed by atoms with Crippen LogP contribution < -0.4 is 5.32 Å². The van der Waals surface area contributed by atoms with E-state index in [1.807, 2.05) is 0 Å². The van der Waals surface area contributed by atoms with Gasteiger partial charge in [-0.3, -0.25) is 4.90 Å². The zero-order chi connectivity index (χ0) is 14.7. The van der Waals surface area contributed by atoms with Crippen molar-refractivity contribution in [3.05, 3.63) is 0 Å². The Hall–Kier alpha value is -0.120. The maximum Gasteiger partial charge on any atom is 0.0251 e. The van der Waals surface area contributed by atoms with Gasteiger partial charge in [0.05, 0.1) is 0 Å². The summed E-state index contributed by atoms with van der Waals surface area (Å²) in [7, 11) is 4.44. The van der Waals surface area contributed by atoms with E-state index in [0.717, 1.165) is 36.6 Å². The van der Waals surface area contributed by atoms with Gasteiger partial charge in [-0.25, -0.2) is 0 Å². The van der Waals surface area contributed by atoms with E-state index >= 15 is 0 Å². The lowest BCUT2D eigenvalue weighted by Crippen LogP contribution is -2.62. The highest BCUT2D eigenvalue weighted by atomic mass is 15.3. The largest absolute Gasteiger partial charge is 0.314 e.